The molecule has 0 aliphatic heterocycles. The van der Waals surface area contributed by atoms with Gasteiger partial charge in [-0.15, -0.1) is 0 Å². The lowest BCUT2D eigenvalue weighted by Crippen LogP contribution is -2.00. The van der Waals surface area contributed by atoms with Gasteiger partial charge in [-0.3, -0.25) is 0 Å². The molecule has 3 heterocycles. The number of benzene rings is 8. The van der Waals surface area contributed by atoms with Gasteiger partial charge in [0.05, 0.1) is 0 Å². The summed E-state index contributed by atoms with van der Waals surface area (Å²) in [5.41, 5.74) is 10.4. The molecule has 0 atom stereocenters. The lowest BCUT2D eigenvalue weighted by Gasteiger charge is -2.10. The molecule has 8 aromatic carbocycles. The molecule has 0 fully saturated rings. The van der Waals surface area contributed by atoms with Crippen molar-refractivity contribution in [2.45, 2.75) is 0 Å². The molecule has 0 aliphatic carbocycles. The molecule has 5 heteroatoms. The minimum Gasteiger partial charge on any atom is -0.456 e. The fourth-order valence-electron chi connectivity index (χ4n) is 7.70. The molecule has 54 heavy (non-hydrogen) atoms. The normalized spacial score (nSPS) is 11.7. The minimum absolute atomic E-state index is 0.589. The molecule has 0 bridgehead atoms. The van der Waals surface area contributed by atoms with Crippen molar-refractivity contribution >= 4 is 54.6 Å². The number of fused-ring (bicyclic) bond motifs is 8. The summed E-state index contributed by atoms with van der Waals surface area (Å²) in [6, 6.07) is 60.4. The second-order valence-electron chi connectivity index (χ2n) is 13.6. The van der Waals surface area contributed by atoms with Crippen LogP contribution in [-0.4, -0.2) is 15.0 Å². The Hall–Kier alpha value is -7.37. The molecule has 3 aromatic heterocycles. The Labute approximate surface area is 309 Å². The first-order chi connectivity index (χ1) is 26.7. The highest BCUT2D eigenvalue weighted by molar-refractivity contribution is 6.19. The third kappa shape index (κ3) is 4.98. The SMILES string of the molecule is c1ccc(-c2ccc(-c3nc(-c4ccccc4)nc(-c4cccc5oc6cc(-c7ccc8c(c7)oc7ccc9ccccc9c78)ccc6c45)n3)cc2)cc1. The van der Waals surface area contributed by atoms with Crippen molar-refractivity contribution in [3.05, 3.63) is 176 Å². The molecule has 0 N–H and O–H groups in total. The van der Waals surface area contributed by atoms with Gasteiger partial charge in [0, 0.05) is 38.2 Å². The quantitative estimate of drug-likeness (QED) is 0.180. The van der Waals surface area contributed by atoms with E-state index in [2.05, 4.69) is 127 Å². The lowest BCUT2D eigenvalue weighted by atomic mass is 9.99. The number of hydrogen-bond donors (Lipinski definition) is 0. The molecule has 252 valence electrons. The van der Waals surface area contributed by atoms with Gasteiger partial charge >= 0.3 is 0 Å². The second kappa shape index (κ2) is 12.1. The average molecular weight is 692 g/mol. The first-order valence-electron chi connectivity index (χ1n) is 18.0. The largest absolute Gasteiger partial charge is 0.456 e. The predicted octanol–water partition coefficient (Wildman–Crippen LogP) is 13.2. The Bertz CT molecular complexity index is 3200. The molecule has 11 rings (SSSR count). The van der Waals surface area contributed by atoms with E-state index in [-0.39, 0.29) is 0 Å². The van der Waals surface area contributed by atoms with Gasteiger partial charge in [0.15, 0.2) is 17.5 Å². The number of hydrogen-bond acceptors (Lipinski definition) is 5. The molecule has 0 radical (unpaired) electrons. The van der Waals surface area contributed by atoms with Gasteiger partial charge in [-0.05, 0) is 69.4 Å². The van der Waals surface area contributed by atoms with E-state index in [9.17, 15) is 0 Å². The highest BCUT2D eigenvalue weighted by Crippen LogP contribution is 2.40. The Morgan fingerprint density at radius 3 is 1.52 bits per heavy atom. The first-order valence-corrected chi connectivity index (χ1v) is 18.0. The van der Waals surface area contributed by atoms with Crippen LogP contribution in [0.4, 0.5) is 0 Å². The summed E-state index contributed by atoms with van der Waals surface area (Å²) in [5, 5.41) is 6.62. The zero-order valence-corrected chi connectivity index (χ0v) is 28.9. The van der Waals surface area contributed by atoms with Crippen molar-refractivity contribution < 1.29 is 8.83 Å². The van der Waals surface area contributed by atoms with Crippen LogP contribution in [0.5, 0.6) is 0 Å². The van der Waals surface area contributed by atoms with Gasteiger partial charge in [0.2, 0.25) is 0 Å². The van der Waals surface area contributed by atoms with Crippen molar-refractivity contribution in [3.8, 4) is 56.4 Å². The maximum Gasteiger partial charge on any atom is 0.164 e. The van der Waals surface area contributed by atoms with E-state index in [4.69, 9.17) is 23.8 Å². The molecule has 0 aliphatic rings. The van der Waals surface area contributed by atoms with E-state index >= 15 is 0 Å². The number of nitrogens with zero attached hydrogens (tertiary/aromatic N) is 3. The van der Waals surface area contributed by atoms with Crippen LogP contribution >= 0.6 is 0 Å². The maximum absolute atomic E-state index is 6.55. The number of rotatable bonds is 5. The Balaban J connectivity index is 1.03. The Kier molecular flexibility index (Phi) is 6.79. The van der Waals surface area contributed by atoms with Crippen LogP contribution in [0.3, 0.4) is 0 Å². The average Bonchev–Trinajstić information content (AvgIpc) is 3.82. The van der Waals surface area contributed by atoms with E-state index in [1.165, 1.54) is 10.8 Å². The van der Waals surface area contributed by atoms with Crippen molar-refractivity contribution in [3.63, 3.8) is 0 Å². The van der Waals surface area contributed by atoms with Gasteiger partial charge in [-0.2, -0.15) is 0 Å². The van der Waals surface area contributed by atoms with Crippen molar-refractivity contribution in [2.75, 3.05) is 0 Å². The van der Waals surface area contributed by atoms with Crippen molar-refractivity contribution in [2.24, 2.45) is 0 Å². The fourth-order valence-corrected chi connectivity index (χ4v) is 7.70. The maximum atomic E-state index is 6.55. The van der Waals surface area contributed by atoms with Crippen molar-refractivity contribution in [1.82, 2.24) is 15.0 Å². The summed E-state index contributed by atoms with van der Waals surface area (Å²) >= 11 is 0. The van der Waals surface area contributed by atoms with Crippen LogP contribution in [0, 0.1) is 0 Å². The van der Waals surface area contributed by atoms with Crippen LogP contribution in [0.2, 0.25) is 0 Å². The van der Waals surface area contributed by atoms with Crippen molar-refractivity contribution in [1.29, 1.82) is 0 Å². The summed E-state index contributed by atoms with van der Waals surface area (Å²) in [5.74, 6) is 1.81. The van der Waals surface area contributed by atoms with Crippen LogP contribution in [-0.2, 0) is 0 Å². The second-order valence-corrected chi connectivity index (χ2v) is 13.6. The standard InChI is InChI=1S/C49H29N3O2/c1-3-10-30(11-4-1)31-18-20-34(21-19-31)48-50-47(33-13-5-2-6-14-33)51-49(52-48)40-16-9-17-41-46(40)39-26-23-36(29-44(39)53-41)35-22-25-38-43(28-35)54-42-27-24-32-12-7-8-15-37(32)45(38)42/h1-29H. The molecule has 0 spiro atoms. The summed E-state index contributed by atoms with van der Waals surface area (Å²) in [4.78, 5) is 15.1. The number of furan rings is 2. The molecule has 0 saturated carbocycles. The van der Waals surface area contributed by atoms with Crippen LogP contribution in [0.1, 0.15) is 0 Å². The monoisotopic (exact) mass is 691 g/mol. The predicted molar refractivity (Wildman–Crippen MR) is 219 cm³/mol. The van der Waals surface area contributed by atoms with Gasteiger partial charge in [-0.1, -0.05) is 140 Å². The third-order valence-corrected chi connectivity index (χ3v) is 10.4. The molecule has 0 unspecified atom stereocenters. The van der Waals surface area contributed by atoms with Gasteiger partial charge in [0.1, 0.15) is 22.3 Å². The summed E-state index contributed by atoms with van der Waals surface area (Å²) in [6.07, 6.45) is 0. The molecular weight excluding hydrogens is 663 g/mol. The molecule has 11 aromatic rings. The third-order valence-electron chi connectivity index (χ3n) is 10.4. The molecule has 0 amide bonds. The van der Waals surface area contributed by atoms with Crippen LogP contribution in [0.15, 0.2) is 185 Å². The Morgan fingerprint density at radius 2 is 0.815 bits per heavy atom. The minimum atomic E-state index is 0.589. The highest BCUT2D eigenvalue weighted by Gasteiger charge is 2.19. The first kappa shape index (κ1) is 30.3. The smallest absolute Gasteiger partial charge is 0.164 e. The summed E-state index contributed by atoms with van der Waals surface area (Å²) in [6.45, 7) is 0. The zero-order valence-electron chi connectivity index (χ0n) is 28.9. The van der Waals surface area contributed by atoms with Gasteiger partial charge < -0.3 is 8.83 Å². The summed E-state index contributed by atoms with van der Waals surface area (Å²) in [7, 11) is 0. The fraction of sp³-hybridized carbons (Fsp3) is 0. The molecular formula is C49H29N3O2. The molecule has 0 saturated heterocycles. The number of aromatic nitrogens is 3. The van der Waals surface area contributed by atoms with E-state index < -0.39 is 0 Å². The van der Waals surface area contributed by atoms with Crippen LogP contribution < -0.4 is 0 Å². The highest BCUT2D eigenvalue weighted by atomic mass is 16.3. The van der Waals surface area contributed by atoms with E-state index in [0.717, 1.165) is 82.8 Å². The van der Waals surface area contributed by atoms with Crippen LogP contribution in [0.25, 0.3) is 111 Å². The topological polar surface area (TPSA) is 65.0 Å². The van der Waals surface area contributed by atoms with Gasteiger partial charge in [-0.25, -0.2) is 15.0 Å². The summed E-state index contributed by atoms with van der Waals surface area (Å²) < 4.78 is 12.9. The van der Waals surface area contributed by atoms with Gasteiger partial charge in [0.25, 0.3) is 0 Å². The zero-order chi connectivity index (χ0) is 35.6. The van der Waals surface area contributed by atoms with E-state index in [1.807, 2.05) is 48.5 Å². The van der Waals surface area contributed by atoms with E-state index in [1.54, 1.807) is 0 Å². The lowest BCUT2D eigenvalue weighted by molar-refractivity contribution is 0.668. The van der Waals surface area contributed by atoms with E-state index in [0.29, 0.717) is 17.5 Å². The Morgan fingerprint density at radius 1 is 0.296 bits per heavy atom. The molecule has 5 nitrogen and oxygen atoms in total.